The van der Waals surface area contributed by atoms with E-state index in [-0.39, 0.29) is 22.9 Å². The Labute approximate surface area is 203 Å². The van der Waals surface area contributed by atoms with Crippen molar-refractivity contribution in [2.24, 2.45) is 0 Å². The molecule has 2 aromatic heterocycles. The van der Waals surface area contributed by atoms with Crippen LogP contribution >= 0.6 is 0 Å². The molecular formula is C25H20F3N5O3. The molecule has 184 valence electrons. The number of methoxy groups -OCH3 is 1. The zero-order chi connectivity index (χ0) is 25.4. The van der Waals surface area contributed by atoms with E-state index < -0.39 is 17.6 Å². The largest absolute Gasteiger partial charge is 0.496 e. The minimum absolute atomic E-state index is 0.00819. The third-order valence-corrected chi connectivity index (χ3v) is 6.05. The highest BCUT2D eigenvalue weighted by atomic mass is 19.4. The highest BCUT2D eigenvalue weighted by molar-refractivity contribution is 6.04. The van der Waals surface area contributed by atoms with Gasteiger partial charge < -0.3 is 15.0 Å². The van der Waals surface area contributed by atoms with Crippen molar-refractivity contribution in [1.82, 2.24) is 19.5 Å². The summed E-state index contributed by atoms with van der Waals surface area (Å²) in [6, 6.07) is 11.8. The number of pyridine rings is 1. The summed E-state index contributed by atoms with van der Waals surface area (Å²) < 4.78 is 46.3. The van der Waals surface area contributed by atoms with Crippen LogP contribution in [-0.4, -0.2) is 45.0 Å². The van der Waals surface area contributed by atoms with Crippen molar-refractivity contribution in [2.75, 3.05) is 19.0 Å². The van der Waals surface area contributed by atoms with Crippen LogP contribution in [0.2, 0.25) is 0 Å². The van der Waals surface area contributed by atoms with Crippen LogP contribution in [0.1, 0.15) is 37.4 Å². The predicted octanol–water partition coefficient (Wildman–Crippen LogP) is 4.21. The Morgan fingerprint density at radius 1 is 1.03 bits per heavy atom. The summed E-state index contributed by atoms with van der Waals surface area (Å²) in [6.45, 7) is 0.810. The lowest BCUT2D eigenvalue weighted by Gasteiger charge is -2.29. The molecule has 2 aromatic carbocycles. The van der Waals surface area contributed by atoms with E-state index >= 15 is 0 Å². The minimum Gasteiger partial charge on any atom is -0.496 e. The van der Waals surface area contributed by atoms with E-state index in [1.165, 1.54) is 16.9 Å². The standard InChI is InChI=1S/C25H20F3N5O3/c1-36-21-6-5-19(11-20(21)25(26,27)28)31-23(34)16-3-2-15-8-9-32(12-18(15)10-16)24(35)17-4-7-22-29-14-30-33(22)13-17/h2-7,10-11,13-14H,8-9,12H2,1H3,(H,31,34). The number of nitrogens with one attached hydrogen (secondary N) is 1. The van der Waals surface area contributed by atoms with E-state index in [9.17, 15) is 22.8 Å². The fourth-order valence-corrected chi connectivity index (χ4v) is 4.21. The number of hydrogen-bond acceptors (Lipinski definition) is 5. The maximum Gasteiger partial charge on any atom is 0.420 e. The van der Waals surface area contributed by atoms with Crippen LogP contribution in [0.15, 0.2) is 61.1 Å². The summed E-state index contributed by atoms with van der Waals surface area (Å²) >= 11 is 0. The van der Waals surface area contributed by atoms with E-state index in [0.29, 0.717) is 30.7 Å². The summed E-state index contributed by atoms with van der Waals surface area (Å²) in [5, 5.41) is 6.57. The molecule has 0 bridgehead atoms. The molecule has 0 spiro atoms. The Morgan fingerprint density at radius 2 is 1.83 bits per heavy atom. The number of amides is 2. The maximum atomic E-state index is 13.3. The van der Waals surface area contributed by atoms with Gasteiger partial charge in [-0.05, 0) is 60.0 Å². The van der Waals surface area contributed by atoms with Crippen LogP contribution in [0.4, 0.5) is 18.9 Å². The second kappa shape index (κ2) is 8.99. The molecule has 0 unspecified atom stereocenters. The summed E-state index contributed by atoms with van der Waals surface area (Å²) in [4.78, 5) is 31.7. The molecule has 2 amide bonds. The number of rotatable bonds is 4. The number of fused-ring (bicyclic) bond motifs is 2. The Morgan fingerprint density at radius 3 is 2.61 bits per heavy atom. The topological polar surface area (TPSA) is 88.8 Å². The number of nitrogens with zero attached hydrogens (tertiary/aromatic N) is 4. The number of carbonyl (C=O) groups excluding carboxylic acids is 2. The van der Waals surface area contributed by atoms with Crippen LogP contribution in [0.5, 0.6) is 5.75 Å². The average molecular weight is 495 g/mol. The third-order valence-electron chi connectivity index (χ3n) is 6.05. The quantitative estimate of drug-likeness (QED) is 0.458. The monoisotopic (exact) mass is 495 g/mol. The Balaban J connectivity index is 1.34. The molecule has 1 aliphatic rings. The molecule has 1 aliphatic heterocycles. The second-order valence-corrected chi connectivity index (χ2v) is 8.31. The number of aromatic nitrogens is 3. The van der Waals surface area contributed by atoms with Crippen molar-refractivity contribution >= 4 is 23.1 Å². The van der Waals surface area contributed by atoms with Crippen molar-refractivity contribution in [2.45, 2.75) is 19.1 Å². The van der Waals surface area contributed by atoms with Gasteiger partial charge in [-0.1, -0.05) is 6.07 Å². The SMILES string of the molecule is COc1ccc(NC(=O)c2ccc3c(c2)CN(C(=O)c2ccc4ncnn4c2)CC3)cc1C(F)(F)F. The molecule has 0 fully saturated rings. The number of carbonyl (C=O) groups is 2. The molecule has 0 radical (unpaired) electrons. The minimum atomic E-state index is -4.63. The smallest absolute Gasteiger partial charge is 0.420 e. The van der Waals surface area contributed by atoms with Crippen LogP contribution in [0.3, 0.4) is 0 Å². The number of anilines is 1. The average Bonchev–Trinajstić information content (AvgIpc) is 3.35. The molecule has 5 rings (SSSR count). The zero-order valence-electron chi connectivity index (χ0n) is 19.0. The van der Waals surface area contributed by atoms with Gasteiger partial charge in [-0.2, -0.15) is 18.3 Å². The molecule has 3 heterocycles. The second-order valence-electron chi connectivity index (χ2n) is 8.31. The lowest BCUT2D eigenvalue weighted by molar-refractivity contribution is -0.138. The van der Waals surface area contributed by atoms with E-state index in [2.05, 4.69) is 15.4 Å². The van der Waals surface area contributed by atoms with Gasteiger partial charge in [-0.25, -0.2) is 9.50 Å². The molecular weight excluding hydrogens is 475 g/mol. The molecule has 0 aliphatic carbocycles. The Kier molecular flexibility index (Phi) is 5.83. The van der Waals surface area contributed by atoms with Gasteiger partial charge in [-0.3, -0.25) is 9.59 Å². The van der Waals surface area contributed by atoms with Crippen LogP contribution < -0.4 is 10.1 Å². The summed E-state index contributed by atoms with van der Waals surface area (Å²) in [7, 11) is 1.15. The summed E-state index contributed by atoms with van der Waals surface area (Å²) in [6.07, 6.45) is -0.994. The molecule has 11 heteroatoms. The molecule has 4 aromatic rings. The maximum absolute atomic E-state index is 13.3. The van der Waals surface area contributed by atoms with Gasteiger partial charge >= 0.3 is 6.18 Å². The first-order valence-electron chi connectivity index (χ1n) is 11.0. The van der Waals surface area contributed by atoms with Crippen LogP contribution in [0, 0.1) is 0 Å². The van der Waals surface area contributed by atoms with Crippen molar-refractivity contribution in [1.29, 1.82) is 0 Å². The molecule has 0 saturated carbocycles. The van der Waals surface area contributed by atoms with Crippen LogP contribution in [0.25, 0.3) is 5.65 Å². The fourth-order valence-electron chi connectivity index (χ4n) is 4.21. The van der Waals surface area contributed by atoms with Crippen LogP contribution in [-0.2, 0) is 19.1 Å². The highest BCUT2D eigenvalue weighted by Crippen LogP contribution is 2.37. The van der Waals surface area contributed by atoms with Crippen molar-refractivity contribution in [3.8, 4) is 5.75 Å². The van der Waals surface area contributed by atoms with Gasteiger partial charge in [0.15, 0.2) is 5.65 Å². The third kappa shape index (κ3) is 4.47. The lowest BCUT2D eigenvalue weighted by atomic mass is 9.96. The van der Waals surface area contributed by atoms with E-state index in [1.807, 2.05) is 6.07 Å². The number of halogens is 3. The zero-order valence-corrected chi connectivity index (χ0v) is 19.0. The van der Waals surface area contributed by atoms with Gasteiger partial charge in [0.25, 0.3) is 11.8 Å². The van der Waals surface area contributed by atoms with E-state index in [1.54, 1.807) is 35.4 Å². The fraction of sp³-hybridized carbons (Fsp3) is 0.200. The van der Waals surface area contributed by atoms with Gasteiger partial charge in [0.05, 0.1) is 18.2 Å². The van der Waals surface area contributed by atoms with Gasteiger partial charge in [0.1, 0.15) is 12.1 Å². The van der Waals surface area contributed by atoms with Gasteiger partial charge in [0, 0.05) is 30.5 Å². The molecule has 0 atom stereocenters. The Hall–Kier alpha value is -4.41. The predicted molar refractivity (Wildman–Crippen MR) is 124 cm³/mol. The lowest BCUT2D eigenvalue weighted by Crippen LogP contribution is -2.36. The number of ether oxygens (including phenoxy) is 1. The molecule has 36 heavy (non-hydrogen) atoms. The van der Waals surface area contributed by atoms with Gasteiger partial charge in [0.2, 0.25) is 0 Å². The summed E-state index contributed by atoms with van der Waals surface area (Å²) in [5.41, 5.74) is 2.19. The first-order chi connectivity index (χ1) is 17.2. The number of alkyl halides is 3. The van der Waals surface area contributed by atoms with Gasteiger partial charge in [-0.15, -0.1) is 0 Å². The summed E-state index contributed by atoms with van der Waals surface area (Å²) in [5.74, 6) is -1.07. The van der Waals surface area contributed by atoms with Crippen molar-refractivity contribution in [3.63, 3.8) is 0 Å². The Bertz CT molecular complexity index is 1480. The van der Waals surface area contributed by atoms with E-state index in [0.717, 1.165) is 30.4 Å². The molecule has 0 saturated heterocycles. The van der Waals surface area contributed by atoms with Crippen molar-refractivity contribution in [3.05, 3.63) is 88.9 Å². The highest BCUT2D eigenvalue weighted by Gasteiger charge is 2.34. The first kappa shape index (κ1) is 23.3. The molecule has 8 nitrogen and oxygen atoms in total. The first-order valence-corrected chi connectivity index (χ1v) is 11.0. The van der Waals surface area contributed by atoms with Crippen molar-refractivity contribution < 1.29 is 27.5 Å². The van der Waals surface area contributed by atoms with E-state index in [4.69, 9.17) is 4.74 Å². The number of hydrogen-bond donors (Lipinski definition) is 1. The molecule has 1 N–H and O–H groups in total. The number of benzene rings is 2. The normalized spacial score (nSPS) is 13.4.